The van der Waals surface area contributed by atoms with Crippen molar-refractivity contribution >= 4 is 28.8 Å². The van der Waals surface area contributed by atoms with Crippen LogP contribution < -0.4 is 15.2 Å². The maximum atomic E-state index is 12.7. The first-order chi connectivity index (χ1) is 18.5. The number of hydrogen-bond donors (Lipinski definition) is 1. The molecule has 0 unspecified atom stereocenters. The fourth-order valence-corrected chi connectivity index (χ4v) is 5.42. The van der Waals surface area contributed by atoms with Crippen LogP contribution in [0.15, 0.2) is 63.9 Å². The van der Waals surface area contributed by atoms with Gasteiger partial charge in [0.15, 0.2) is 11.0 Å². The number of ether oxygens (including phenoxy) is 1. The first kappa shape index (κ1) is 24.2. The minimum absolute atomic E-state index is 0.258. The van der Waals surface area contributed by atoms with Crippen molar-refractivity contribution in [3.05, 3.63) is 70.5 Å². The summed E-state index contributed by atoms with van der Waals surface area (Å²) in [6.07, 6.45) is 5.85. The molecule has 9 heteroatoms. The number of oxazole rings is 1. The van der Waals surface area contributed by atoms with E-state index >= 15 is 0 Å². The van der Waals surface area contributed by atoms with Gasteiger partial charge in [0, 0.05) is 63.0 Å². The molecule has 2 aromatic heterocycles. The molecule has 9 nitrogen and oxygen atoms in total. The summed E-state index contributed by atoms with van der Waals surface area (Å²) in [6.45, 7) is 3.69. The fraction of sp³-hybridized carbons (Fsp3) is 0.345. The van der Waals surface area contributed by atoms with Gasteiger partial charge in [-0.15, -0.1) is 0 Å². The second-order valence-corrected chi connectivity index (χ2v) is 9.92. The van der Waals surface area contributed by atoms with E-state index in [4.69, 9.17) is 9.15 Å². The van der Waals surface area contributed by atoms with Crippen LogP contribution >= 0.6 is 0 Å². The third-order valence-electron chi connectivity index (χ3n) is 7.60. The molecule has 6 rings (SSSR count). The molecule has 0 radical (unpaired) electrons. The number of pyridine rings is 1. The molecule has 2 aromatic carbocycles. The molecule has 2 saturated heterocycles. The smallest absolute Gasteiger partial charge is 0.341 e. The summed E-state index contributed by atoms with van der Waals surface area (Å²) in [5.41, 5.74) is 3.74. The molecule has 2 aliphatic heterocycles. The van der Waals surface area contributed by atoms with E-state index in [9.17, 15) is 14.7 Å². The number of methoxy groups -OCH3 is 1. The lowest BCUT2D eigenvalue weighted by Gasteiger charge is -2.29. The van der Waals surface area contributed by atoms with Crippen molar-refractivity contribution in [3.8, 4) is 16.9 Å². The highest BCUT2D eigenvalue weighted by Crippen LogP contribution is 2.30. The van der Waals surface area contributed by atoms with Crippen molar-refractivity contribution in [2.75, 3.05) is 43.1 Å². The monoisotopic (exact) mass is 514 g/mol. The zero-order valence-electron chi connectivity index (χ0n) is 21.3. The van der Waals surface area contributed by atoms with Crippen LogP contribution in [0.25, 0.3) is 28.0 Å². The summed E-state index contributed by atoms with van der Waals surface area (Å²) < 4.78 is 13.3. The Bertz CT molecular complexity index is 1530. The van der Waals surface area contributed by atoms with Crippen LogP contribution in [0.5, 0.6) is 0 Å². The van der Waals surface area contributed by atoms with Crippen LogP contribution in [-0.2, 0) is 4.74 Å². The Morgan fingerprint density at radius 1 is 0.974 bits per heavy atom. The van der Waals surface area contributed by atoms with E-state index in [-0.39, 0.29) is 11.7 Å². The van der Waals surface area contributed by atoms with Crippen molar-refractivity contribution in [1.29, 1.82) is 0 Å². The number of anilines is 2. The number of piperidine rings is 1. The number of rotatable bonds is 6. The van der Waals surface area contributed by atoms with Gasteiger partial charge in [0.1, 0.15) is 11.1 Å². The molecule has 2 fully saturated rings. The average Bonchev–Trinajstić information content (AvgIpc) is 3.63. The predicted molar refractivity (Wildman–Crippen MR) is 146 cm³/mol. The SMILES string of the molecule is COC1CCN(c2nc3ccc(-n4cc(C(=O)O)c(=O)cc4-c4ccc(N5CCCC5)cc4)cc3o2)CC1. The maximum Gasteiger partial charge on any atom is 0.341 e. The Hall–Kier alpha value is -4.11. The normalized spacial score (nSPS) is 16.4. The van der Waals surface area contributed by atoms with Gasteiger partial charge >= 0.3 is 5.97 Å². The van der Waals surface area contributed by atoms with Crippen LogP contribution in [-0.4, -0.2) is 60.0 Å². The van der Waals surface area contributed by atoms with E-state index < -0.39 is 11.4 Å². The van der Waals surface area contributed by atoms with E-state index in [0.29, 0.717) is 28.5 Å². The topological polar surface area (TPSA) is 101 Å². The molecular weight excluding hydrogens is 484 g/mol. The predicted octanol–water partition coefficient (Wildman–Crippen LogP) is 4.56. The summed E-state index contributed by atoms with van der Waals surface area (Å²) in [5, 5.41) is 9.65. The maximum absolute atomic E-state index is 12.7. The van der Waals surface area contributed by atoms with Gasteiger partial charge in [-0.2, -0.15) is 4.98 Å². The lowest BCUT2D eigenvalue weighted by Crippen LogP contribution is -2.36. The van der Waals surface area contributed by atoms with Gasteiger partial charge in [0.2, 0.25) is 0 Å². The van der Waals surface area contributed by atoms with Crippen LogP contribution in [0, 0.1) is 0 Å². The standard InChI is InChI=1S/C29H30N4O5/c1-37-22-10-14-32(15-11-22)29-30-24-9-8-21(16-27(24)38-29)33-18-23(28(35)36)26(34)17-25(33)19-4-6-20(7-5-19)31-12-2-3-13-31/h4-9,16-18,22H,2-3,10-15H2,1H3,(H,35,36). The van der Waals surface area contributed by atoms with Gasteiger partial charge in [-0.1, -0.05) is 12.1 Å². The van der Waals surface area contributed by atoms with Crippen molar-refractivity contribution in [1.82, 2.24) is 9.55 Å². The summed E-state index contributed by atoms with van der Waals surface area (Å²) >= 11 is 0. The molecule has 4 aromatic rings. The average molecular weight is 515 g/mol. The third-order valence-corrected chi connectivity index (χ3v) is 7.60. The molecule has 38 heavy (non-hydrogen) atoms. The molecule has 2 aliphatic rings. The number of nitrogens with zero attached hydrogens (tertiary/aromatic N) is 4. The molecule has 0 atom stereocenters. The van der Waals surface area contributed by atoms with Crippen LogP contribution in [0.3, 0.4) is 0 Å². The van der Waals surface area contributed by atoms with Gasteiger partial charge in [0.05, 0.1) is 11.8 Å². The Labute approximate surface area is 219 Å². The van der Waals surface area contributed by atoms with Crippen LogP contribution in [0.1, 0.15) is 36.0 Å². The number of carboxylic acids is 1. The Balaban J connectivity index is 1.38. The van der Waals surface area contributed by atoms with E-state index in [2.05, 4.69) is 26.9 Å². The molecule has 0 saturated carbocycles. The highest BCUT2D eigenvalue weighted by atomic mass is 16.5. The van der Waals surface area contributed by atoms with Crippen molar-refractivity contribution in [2.45, 2.75) is 31.8 Å². The third kappa shape index (κ3) is 4.54. The molecule has 1 N–H and O–H groups in total. The number of hydrogen-bond acceptors (Lipinski definition) is 7. The number of carboxylic acid groups (broad SMARTS) is 1. The van der Waals surface area contributed by atoms with Crippen LogP contribution in [0.2, 0.25) is 0 Å². The fourth-order valence-electron chi connectivity index (χ4n) is 5.42. The lowest BCUT2D eigenvalue weighted by atomic mass is 10.1. The lowest BCUT2D eigenvalue weighted by molar-refractivity contribution is 0.0694. The molecule has 0 bridgehead atoms. The van der Waals surface area contributed by atoms with Gasteiger partial charge in [0.25, 0.3) is 6.01 Å². The number of carbonyl (C=O) groups is 1. The Morgan fingerprint density at radius 2 is 1.68 bits per heavy atom. The zero-order chi connectivity index (χ0) is 26.2. The van der Waals surface area contributed by atoms with E-state index in [1.54, 1.807) is 11.7 Å². The van der Waals surface area contributed by atoms with Crippen molar-refractivity contribution in [3.63, 3.8) is 0 Å². The summed E-state index contributed by atoms with van der Waals surface area (Å²) in [7, 11) is 1.74. The summed E-state index contributed by atoms with van der Waals surface area (Å²) in [6, 6.07) is 15.6. The highest BCUT2D eigenvalue weighted by Gasteiger charge is 2.23. The highest BCUT2D eigenvalue weighted by molar-refractivity contribution is 5.88. The number of aromatic nitrogens is 2. The van der Waals surface area contributed by atoms with E-state index in [1.165, 1.54) is 25.1 Å². The van der Waals surface area contributed by atoms with Gasteiger partial charge in [-0.05, 0) is 55.5 Å². The molecule has 4 heterocycles. The molecule has 0 aliphatic carbocycles. The minimum Gasteiger partial charge on any atom is -0.477 e. The van der Waals surface area contributed by atoms with Gasteiger partial charge < -0.3 is 28.6 Å². The van der Waals surface area contributed by atoms with Gasteiger partial charge in [-0.25, -0.2) is 4.79 Å². The first-order valence-electron chi connectivity index (χ1n) is 13.0. The molecule has 196 valence electrons. The summed E-state index contributed by atoms with van der Waals surface area (Å²) in [5.74, 6) is -1.26. The number of benzene rings is 2. The second-order valence-electron chi connectivity index (χ2n) is 9.92. The van der Waals surface area contributed by atoms with Crippen molar-refractivity contribution < 1.29 is 19.1 Å². The first-order valence-corrected chi connectivity index (χ1v) is 13.0. The van der Waals surface area contributed by atoms with Crippen molar-refractivity contribution in [2.24, 2.45) is 0 Å². The van der Waals surface area contributed by atoms with E-state index in [0.717, 1.165) is 50.3 Å². The van der Waals surface area contributed by atoms with Crippen LogP contribution in [0.4, 0.5) is 11.7 Å². The summed E-state index contributed by atoms with van der Waals surface area (Å²) in [4.78, 5) is 33.7. The molecule has 0 amide bonds. The molecular formula is C29H30N4O5. The minimum atomic E-state index is -1.26. The zero-order valence-corrected chi connectivity index (χ0v) is 21.3. The Morgan fingerprint density at radius 3 is 2.37 bits per heavy atom. The largest absolute Gasteiger partial charge is 0.477 e. The quantitative estimate of drug-likeness (QED) is 0.400. The number of aromatic carboxylic acids is 1. The Kier molecular flexibility index (Phi) is 6.37. The second kappa shape index (κ2) is 9.98. The van der Waals surface area contributed by atoms with E-state index in [1.807, 2.05) is 30.3 Å². The molecule has 0 spiro atoms. The number of fused-ring (bicyclic) bond motifs is 1. The van der Waals surface area contributed by atoms with Gasteiger partial charge in [-0.3, -0.25) is 4.79 Å².